The quantitative estimate of drug-likeness (QED) is 0.655. The molecule has 1 aromatic rings. The fraction of sp³-hybridized carbons (Fsp3) is 0.385. The summed E-state index contributed by atoms with van der Waals surface area (Å²) in [6.07, 6.45) is 6.46. The molecule has 14 heavy (non-hydrogen) atoms. The molecule has 0 aliphatic rings. The Morgan fingerprint density at radius 1 is 1.29 bits per heavy atom. The maximum absolute atomic E-state index is 5.34. The first-order valence-electron chi connectivity index (χ1n) is 5.03. The average Bonchev–Trinajstić information content (AvgIpc) is 2.19. The zero-order valence-electron chi connectivity index (χ0n) is 8.96. The van der Waals surface area contributed by atoms with Crippen LogP contribution in [0.3, 0.4) is 0 Å². The summed E-state index contributed by atoms with van der Waals surface area (Å²) in [7, 11) is 0. The van der Waals surface area contributed by atoms with Gasteiger partial charge >= 0.3 is 0 Å². The van der Waals surface area contributed by atoms with Crippen molar-refractivity contribution in [2.24, 2.45) is 0 Å². The summed E-state index contributed by atoms with van der Waals surface area (Å²) in [4.78, 5) is 2.22. The van der Waals surface area contributed by atoms with Gasteiger partial charge in [-0.3, -0.25) is 0 Å². The summed E-state index contributed by atoms with van der Waals surface area (Å²) < 4.78 is 0. The lowest BCUT2D eigenvalue weighted by Gasteiger charge is -2.21. The lowest BCUT2D eigenvalue weighted by atomic mass is 10.2. The van der Waals surface area contributed by atoms with E-state index in [4.69, 9.17) is 6.42 Å². The van der Waals surface area contributed by atoms with Crippen LogP contribution in [0.15, 0.2) is 24.3 Å². The number of aryl methyl sites for hydroxylation is 1. The number of terminal acetylenes is 1. The molecule has 0 aliphatic carbocycles. The molecule has 1 nitrogen and oxygen atoms in total. The van der Waals surface area contributed by atoms with E-state index in [0.717, 1.165) is 13.0 Å². The first-order chi connectivity index (χ1) is 6.77. The third-order valence-corrected chi connectivity index (χ3v) is 2.17. The van der Waals surface area contributed by atoms with Crippen LogP contribution in [0.4, 0.5) is 5.69 Å². The van der Waals surface area contributed by atoms with Crippen LogP contribution in [0.1, 0.15) is 18.9 Å². The van der Waals surface area contributed by atoms with Crippen molar-refractivity contribution in [1.29, 1.82) is 0 Å². The standard InChI is InChI=1S/C13H17N/c1-4-10-14(11-5-2)13-8-6-12(3)7-9-13/h1,6-9H,5,10-11H2,2-3H3. The molecule has 0 atom stereocenters. The molecule has 0 heterocycles. The van der Waals surface area contributed by atoms with E-state index >= 15 is 0 Å². The first kappa shape index (κ1) is 10.7. The minimum Gasteiger partial charge on any atom is -0.360 e. The molecule has 74 valence electrons. The number of benzene rings is 1. The summed E-state index contributed by atoms with van der Waals surface area (Å²) in [5.41, 5.74) is 2.50. The number of anilines is 1. The second kappa shape index (κ2) is 5.34. The lowest BCUT2D eigenvalue weighted by Crippen LogP contribution is -2.24. The zero-order chi connectivity index (χ0) is 10.4. The minimum atomic E-state index is 0.691. The lowest BCUT2D eigenvalue weighted by molar-refractivity contribution is 0.823. The number of rotatable bonds is 4. The minimum absolute atomic E-state index is 0.691. The van der Waals surface area contributed by atoms with E-state index < -0.39 is 0 Å². The van der Waals surface area contributed by atoms with Crippen molar-refractivity contribution < 1.29 is 0 Å². The highest BCUT2D eigenvalue weighted by atomic mass is 15.1. The molecule has 0 radical (unpaired) electrons. The van der Waals surface area contributed by atoms with Gasteiger partial charge in [0.1, 0.15) is 0 Å². The molecule has 1 rings (SSSR count). The van der Waals surface area contributed by atoms with Crippen molar-refractivity contribution in [3.63, 3.8) is 0 Å². The van der Waals surface area contributed by atoms with Crippen LogP contribution in [-0.2, 0) is 0 Å². The Morgan fingerprint density at radius 3 is 2.43 bits per heavy atom. The Bertz CT molecular complexity index is 305. The van der Waals surface area contributed by atoms with Gasteiger partial charge in [0.05, 0.1) is 6.54 Å². The molecule has 1 heteroatoms. The molecule has 0 amide bonds. The maximum Gasteiger partial charge on any atom is 0.0791 e. The monoisotopic (exact) mass is 187 g/mol. The molecule has 0 saturated heterocycles. The van der Waals surface area contributed by atoms with Gasteiger partial charge in [-0.15, -0.1) is 6.42 Å². The molecule has 0 saturated carbocycles. The SMILES string of the molecule is C#CCN(CCC)c1ccc(C)cc1. The molecule has 0 N–H and O–H groups in total. The molecular weight excluding hydrogens is 170 g/mol. The fourth-order valence-corrected chi connectivity index (χ4v) is 1.44. The van der Waals surface area contributed by atoms with Crippen LogP contribution in [0.5, 0.6) is 0 Å². The van der Waals surface area contributed by atoms with Crippen molar-refractivity contribution >= 4 is 5.69 Å². The van der Waals surface area contributed by atoms with E-state index in [1.807, 2.05) is 0 Å². The van der Waals surface area contributed by atoms with Gasteiger partial charge in [0, 0.05) is 12.2 Å². The smallest absolute Gasteiger partial charge is 0.0791 e. The van der Waals surface area contributed by atoms with Gasteiger partial charge in [0.2, 0.25) is 0 Å². The summed E-state index contributed by atoms with van der Waals surface area (Å²) in [5, 5.41) is 0. The van der Waals surface area contributed by atoms with E-state index in [-0.39, 0.29) is 0 Å². The molecule has 1 aromatic carbocycles. The predicted octanol–water partition coefficient (Wildman–Crippen LogP) is 2.84. The first-order valence-corrected chi connectivity index (χ1v) is 5.03. The third-order valence-electron chi connectivity index (χ3n) is 2.17. The molecule has 0 unspecified atom stereocenters. The van der Waals surface area contributed by atoms with Crippen LogP contribution in [0, 0.1) is 19.3 Å². The predicted molar refractivity (Wildman–Crippen MR) is 62.5 cm³/mol. The van der Waals surface area contributed by atoms with Crippen LogP contribution >= 0.6 is 0 Å². The third kappa shape index (κ3) is 2.81. The molecular formula is C13H17N. The Hall–Kier alpha value is -1.42. The average molecular weight is 187 g/mol. The van der Waals surface area contributed by atoms with Gasteiger partial charge in [-0.05, 0) is 25.5 Å². The fourth-order valence-electron chi connectivity index (χ4n) is 1.44. The Kier molecular flexibility index (Phi) is 4.07. The van der Waals surface area contributed by atoms with Crippen molar-refractivity contribution in [1.82, 2.24) is 0 Å². The Morgan fingerprint density at radius 2 is 1.93 bits per heavy atom. The van der Waals surface area contributed by atoms with Crippen LogP contribution in [0.2, 0.25) is 0 Å². The number of nitrogens with zero attached hydrogens (tertiary/aromatic N) is 1. The highest BCUT2D eigenvalue weighted by Crippen LogP contribution is 2.14. The largest absolute Gasteiger partial charge is 0.360 e. The molecule has 0 fully saturated rings. The van der Waals surface area contributed by atoms with Gasteiger partial charge in [-0.25, -0.2) is 0 Å². The molecule has 0 aliphatic heterocycles. The van der Waals surface area contributed by atoms with Crippen LogP contribution in [-0.4, -0.2) is 13.1 Å². The second-order valence-corrected chi connectivity index (χ2v) is 3.46. The normalized spacial score (nSPS) is 9.50. The van der Waals surface area contributed by atoms with E-state index in [1.54, 1.807) is 0 Å². The summed E-state index contributed by atoms with van der Waals surface area (Å²) in [5.74, 6) is 2.69. The highest BCUT2D eigenvalue weighted by molar-refractivity contribution is 5.48. The van der Waals surface area contributed by atoms with Gasteiger partial charge in [0.15, 0.2) is 0 Å². The highest BCUT2D eigenvalue weighted by Gasteiger charge is 2.02. The van der Waals surface area contributed by atoms with E-state index in [0.29, 0.717) is 6.54 Å². The number of hydrogen-bond donors (Lipinski definition) is 0. The van der Waals surface area contributed by atoms with Crippen molar-refractivity contribution in [3.8, 4) is 12.3 Å². The summed E-state index contributed by atoms with van der Waals surface area (Å²) in [6.45, 7) is 5.97. The molecule has 0 aromatic heterocycles. The van der Waals surface area contributed by atoms with Gasteiger partial charge < -0.3 is 4.90 Å². The van der Waals surface area contributed by atoms with Crippen molar-refractivity contribution in [3.05, 3.63) is 29.8 Å². The summed E-state index contributed by atoms with van der Waals surface area (Å²) in [6, 6.07) is 8.49. The summed E-state index contributed by atoms with van der Waals surface area (Å²) >= 11 is 0. The van der Waals surface area contributed by atoms with Crippen molar-refractivity contribution in [2.75, 3.05) is 18.0 Å². The van der Waals surface area contributed by atoms with E-state index in [9.17, 15) is 0 Å². The van der Waals surface area contributed by atoms with Gasteiger partial charge in [-0.1, -0.05) is 30.5 Å². The molecule has 0 bridgehead atoms. The van der Waals surface area contributed by atoms with E-state index in [1.165, 1.54) is 11.3 Å². The van der Waals surface area contributed by atoms with Gasteiger partial charge in [0.25, 0.3) is 0 Å². The second-order valence-electron chi connectivity index (χ2n) is 3.46. The number of hydrogen-bond acceptors (Lipinski definition) is 1. The van der Waals surface area contributed by atoms with Crippen molar-refractivity contribution in [2.45, 2.75) is 20.3 Å². The Balaban J connectivity index is 2.77. The topological polar surface area (TPSA) is 3.24 Å². The van der Waals surface area contributed by atoms with Crippen LogP contribution in [0.25, 0.3) is 0 Å². The van der Waals surface area contributed by atoms with Gasteiger partial charge in [-0.2, -0.15) is 0 Å². The van der Waals surface area contributed by atoms with E-state index in [2.05, 4.69) is 48.9 Å². The molecule has 0 spiro atoms. The van der Waals surface area contributed by atoms with Crippen LogP contribution < -0.4 is 4.90 Å². The maximum atomic E-state index is 5.34. The zero-order valence-corrected chi connectivity index (χ0v) is 8.96. The Labute approximate surface area is 86.7 Å².